The van der Waals surface area contributed by atoms with E-state index in [1.165, 1.54) is 0 Å². The molecule has 0 aliphatic rings. The molecule has 1 unspecified atom stereocenters. The first-order chi connectivity index (χ1) is 5.07. The molecule has 0 spiro atoms. The molecule has 0 aromatic carbocycles. The van der Waals surface area contributed by atoms with Gasteiger partial charge in [-0.05, 0) is 0 Å². The Balaban J connectivity index is 4.53. The first-order valence-electron chi connectivity index (χ1n) is 3.43. The zero-order chi connectivity index (χ0) is 10.2. The van der Waals surface area contributed by atoms with E-state index < -0.39 is 25.7 Å². The van der Waals surface area contributed by atoms with E-state index in [0.717, 1.165) is 0 Å². The molecule has 2 nitrogen and oxygen atoms in total. The molecule has 0 amide bonds. The third-order valence-corrected chi connectivity index (χ3v) is 3.62. The summed E-state index contributed by atoms with van der Waals surface area (Å²) in [7, 11) is -2.23. The van der Waals surface area contributed by atoms with E-state index in [0.29, 0.717) is 0 Å². The summed E-state index contributed by atoms with van der Waals surface area (Å²) in [6.45, 7) is 4.88. The van der Waals surface area contributed by atoms with Crippen LogP contribution in [0.2, 0.25) is 19.6 Å². The number of hydrogen-bond acceptors (Lipinski definition) is 2. The second-order valence-electron chi connectivity index (χ2n) is 3.71. The molecule has 0 fully saturated rings. The predicted molar refractivity (Wildman–Crippen MR) is 42.4 cm³/mol. The number of rotatable bonds is 2. The molecular formula is C6H12F3NOSi. The second-order valence-corrected chi connectivity index (χ2v) is 9.06. The minimum Gasteiger partial charge on any atom is -0.324 e. The fraction of sp³-hybridized carbons (Fsp3) is 0.833. The average Bonchev–Trinajstić information content (AvgIpc) is 1.80. The highest BCUT2D eigenvalue weighted by Gasteiger charge is 2.46. The van der Waals surface area contributed by atoms with Crippen molar-refractivity contribution < 1.29 is 18.0 Å². The summed E-state index contributed by atoms with van der Waals surface area (Å²) in [5.41, 5.74) is 3.82. The molecule has 0 heterocycles. The Labute approximate surface area is 69.9 Å². The number of ketones is 1. The van der Waals surface area contributed by atoms with Gasteiger partial charge in [-0.25, -0.2) is 0 Å². The van der Waals surface area contributed by atoms with Gasteiger partial charge in [0.1, 0.15) is 0 Å². The summed E-state index contributed by atoms with van der Waals surface area (Å²) < 4.78 is 35.5. The Morgan fingerprint density at radius 1 is 1.33 bits per heavy atom. The molecule has 0 aromatic rings. The number of hydrogen-bond donors (Lipinski definition) is 1. The normalized spacial score (nSPS) is 15.9. The van der Waals surface area contributed by atoms with Gasteiger partial charge in [0.05, 0.1) is 13.7 Å². The molecule has 0 saturated heterocycles. The fourth-order valence-corrected chi connectivity index (χ4v) is 1.52. The van der Waals surface area contributed by atoms with Gasteiger partial charge < -0.3 is 5.73 Å². The molecule has 0 aliphatic heterocycles. The first kappa shape index (κ1) is 11.6. The summed E-state index contributed by atoms with van der Waals surface area (Å²) in [5, 5.41) is 0. The van der Waals surface area contributed by atoms with Gasteiger partial charge in [-0.15, -0.1) is 0 Å². The van der Waals surface area contributed by atoms with E-state index in [9.17, 15) is 18.0 Å². The maximum atomic E-state index is 11.8. The highest BCUT2D eigenvalue weighted by Crippen LogP contribution is 2.20. The van der Waals surface area contributed by atoms with Crippen LogP contribution in [0.5, 0.6) is 0 Å². The molecule has 6 heteroatoms. The quantitative estimate of drug-likeness (QED) is 0.682. The average molecular weight is 199 g/mol. The summed E-state index contributed by atoms with van der Waals surface area (Å²) in [6.07, 6.45) is -4.79. The van der Waals surface area contributed by atoms with Crippen LogP contribution in [-0.2, 0) is 4.79 Å². The Morgan fingerprint density at radius 2 is 1.67 bits per heavy atom. The van der Waals surface area contributed by atoms with Crippen molar-refractivity contribution in [2.45, 2.75) is 31.5 Å². The maximum absolute atomic E-state index is 11.8. The van der Waals surface area contributed by atoms with Gasteiger partial charge in [-0.2, -0.15) is 13.2 Å². The van der Waals surface area contributed by atoms with Gasteiger partial charge in [-0.1, -0.05) is 19.6 Å². The third kappa shape index (κ3) is 2.94. The highest BCUT2D eigenvalue weighted by molar-refractivity contribution is 6.80. The number of nitrogens with two attached hydrogens (primary N) is 1. The SMILES string of the molecule is C[Si](C)(C)C(N)C(=O)C(F)(F)F. The molecule has 0 rings (SSSR count). The molecule has 0 saturated carbocycles. The molecular weight excluding hydrogens is 187 g/mol. The highest BCUT2D eigenvalue weighted by atomic mass is 28.3. The van der Waals surface area contributed by atoms with E-state index >= 15 is 0 Å². The summed E-state index contributed by atoms with van der Waals surface area (Å²) >= 11 is 0. The Bertz CT molecular complexity index is 184. The van der Waals surface area contributed by atoms with Gasteiger partial charge in [0.25, 0.3) is 0 Å². The van der Waals surface area contributed by atoms with Crippen LogP contribution in [0.3, 0.4) is 0 Å². The molecule has 0 radical (unpaired) electrons. The van der Waals surface area contributed by atoms with Crippen molar-refractivity contribution >= 4 is 13.9 Å². The maximum Gasteiger partial charge on any atom is 0.451 e. The number of halogens is 3. The zero-order valence-electron chi connectivity index (χ0n) is 7.20. The standard InChI is InChI=1S/C6H12F3NOSi/c1-12(2,3)5(10)4(11)6(7,8)9/h5H,10H2,1-3H3. The topological polar surface area (TPSA) is 43.1 Å². The monoisotopic (exact) mass is 199 g/mol. The predicted octanol–water partition coefficient (Wildman–Crippen LogP) is 1.32. The van der Waals surface area contributed by atoms with Crippen molar-refractivity contribution in [1.29, 1.82) is 0 Å². The minimum absolute atomic E-state index is 1.35. The molecule has 72 valence electrons. The summed E-state index contributed by atoms with van der Waals surface area (Å²) in [5.74, 6) is -1.80. The van der Waals surface area contributed by atoms with Crippen molar-refractivity contribution in [2.24, 2.45) is 5.73 Å². The molecule has 0 aromatic heterocycles. The van der Waals surface area contributed by atoms with Crippen LogP contribution >= 0.6 is 0 Å². The van der Waals surface area contributed by atoms with E-state index in [-0.39, 0.29) is 0 Å². The van der Waals surface area contributed by atoms with Gasteiger partial charge in [-0.3, -0.25) is 4.79 Å². The van der Waals surface area contributed by atoms with E-state index in [2.05, 4.69) is 0 Å². The van der Waals surface area contributed by atoms with Crippen LogP contribution < -0.4 is 5.73 Å². The van der Waals surface area contributed by atoms with E-state index in [1.807, 2.05) is 0 Å². The molecule has 2 N–H and O–H groups in total. The van der Waals surface area contributed by atoms with E-state index in [1.54, 1.807) is 19.6 Å². The largest absolute Gasteiger partial charge is 0.451 e. The lowest BCUT2D eigenvalue weighted by molar-refractivity contribution is -0.170. The van der Waals surface area contributed by atoms with Crippen LogP contribution in [-0.4, -0.2) is 25.7 Å². The lowest BCUT2D eigenvalue weighted by Gasteiger charge is -2.24. The molecule has 0 aliphatic carbocycles. The van der Waals surface area contributed by atoms with Crippen LogP contribution in [0, 0.1) is 0 Å². The smallest absolute Gasteiger partial charge is 0.324 e. The van der Waals surface area contributed by atoms with Gasteiger partial charge in [0.15, 0.2) is 0 Å². The van der Waals surface area contributed by atoms with Gasteiger partial charge >= 0.3 is 6.18 Å². The first-order valence-corrected chi connectivity index (χ1v) is 7.01. The van der Waals surface area contributed by atoms with E-state index in [4.69, 9.17) is 5.73 Å². The third-order valence-electron chi connectivity index (χ3n) is 1.49. The van der Waals surface area contributed by atoms with Crippen molar-refractivity contribution in [3.05, 3.63) is 0 Å². The minimum atomic E-state index is -4.79. The van der Waals surface area contributed by atoms with Crippen LogP contribution in [0.15, 0.2) is 0 Å². The number of alkyl halides is 3. The second kappa shape index (κ2) is 3.18. The van der Waals surface area contributed by atoms with Crippen molar-refractivity contribution in [2.75, 3.05) is 0 Å². The molecule has 0 bridgehead atoms. The molecule has 1 atom stereocenters. The Morgan fingerprint density at radius 3 is 1.75 bits per heavy atom. The zero-order valence-corrected chi connectivity index (χ0v) is 8.20. The Kier molecular flexibility index (Phi) is 3.08. The summed E-state index contributed by atoms with van der Waals surface area (Å²) in [4.78, 5) is 10.6. The number of carbonyl (C=O) groups excluding carboxylic acids is 1. The van der Waals surface area contributed by atoms with Crippen molar-refractivity contribution in [1.82, 2.24) is 0 Å². The fourth-order valence-electron chi connectivity index (χ4n) is 0.570. The van der Waals surface area contributed by atoms with Crippen LogP contribution in [0.4, 0.5) is 13.2 Å². The summed E-state index contributed by atoms with van der Waals surface area (Å²) in [6, 6.07) is 0. The Hall–Kier alpha value is -0.363. The van der Waals surface area contributed by atoms with Crippen molar-refractivity contribution in [3.63, 3.8) is 0 Å². The lowest BCUT2D eigenvalue weighted by atomic mass is 10.4. The number of Topliss-reactive ketones (excluding diaryl/α,β-unsaturated/α-hetero) is 1. The van der Waals surface area contributed by atoms with Crippen molar-refractivity contribution in [3.8, 4) is 0 Å². The van der Waals surface area contributed by atoms with Gasteiger partial charge in [0.2, 0.25) is 5.78 Å². The van der Waals surface area contributed by atoms with Crippen LogP contribution in [0.1, 0.15) is 0 Å². The molecule has 12 heavy (non-hydrogen) atoms. The van der Waals surface area contributed by atoms with Crippen LogP contribution in [0.25, 0.3) is 0 Å². The number of carbonyl (C=O) groups is 1. The van der Waals surface area contributed by atoms with Gasteiger partial charge in [0, 0.05) is 0 Å². The lowest BCUT2D eigenvalue weighted by Crippen LogP contribution is -2.55.